The van der Waals surface area contributed by atoms with E-state index in [-0.39, 0.29) is 18.1 Å². The third kappa shape index (κ3) is 5.94. The highest BCUT2D eigenvalue weighted by molar-refractivity contribution is 6.68. The van der Waals surface area contributed by atoms with Crippen LogP contribution in [0.1, 0.15) is 19.4 Å². The van der Waals surface area contributed by atoms with Gasteiger partial charge in [-0.1, -0.05) is 65.1 Å². The van der Waals surface area contributed by atoms with Crippen LogP contribution in [-0.2, 0) is 9.53 Å². The van der Waals surface area contributed by atoms with Crippen molar-refractivity contribution in [2.45, 2.75) is 36.0 Å². The first kappa shape index (κ1) is 19.5. The Labute approximate surface area is 157 Å². The van der Waals surface area contributed by atoms with Gasteiger partial charge in [0.25, 0.3) is 0 Å². The molecule has 7 heteroatoms. The summed E-state index contributed by atoms with van der Waals surface area (Å²) in [6.07, 6.45) is 2.42. The lowest BCUT2D eigenvalue weighted by molar-refractivity contribution is -0.121. The summed E-state index contributed by atoms with van der Waals surface area (Å²) in [6, 6.07) is 9.52. The van der Waals surface area contributed by atoms with Gasteiger partial charge in [0, 0.05) is 19.2 Å². The Morgan fingerprint density at radius 2 is 1.83 bits per heavy atom. The highest BCUT2D eigenvalue weighted by atomic mass is 35.6. The highest BCUT2D eigenvalue weighted by Gasteiger charge is 2.40. The minimum absolute atomic E-state index is 0.000336. The summed E-state index contributed by atoms with van der Waals surface area (Å²) in [7, 11) is 0. The molecule has 1 heterocycles. The Morgan fingerprint density at radius 3 is 2.38 bits per heavy atom. The molecular weight excluding hydrogens is 371 g/mol. The maximum Gasteiger partial charge on any atom is 0.245 e. The molecule has 0 aliphatic carbocycles. The Morgan fingerprint density at radius 1 is 1.25 bits per heavy atom. The number of benzene rings is 1. The smallest absolute Gasteiger partial charge is 0.245 e. The summed E-state index contributed by atoms with van der Waals surface area (Å²) < 4.78 is 4.05. The zero-order valence-corrected chi connectivity index (χ0v) is 15.9. The van der Waals surface area contributed by atoms with Crippen molar-refractivity contribution in [3.05, 3.63) is 42.0 Å². The molecule has 1 saturated heterocycles. The van der Waals surface area contributed by atoms with Crippen LogP contribution in [0.25, 0.3) is 6.08 Å². The molecule has 0 aromatic heterocycles. The molecule has 0 radical (unpaired) electrons. The normalized spacial score (nSPS) is 24.0. The number of alkyl halides is 3. The average molecular weight is 392 g/mol. The monoisotopic (exact) mass is 390 g/mol. The number of morpholine rings is 1. The first-order valence-electron chi connectivity index (χ1n) is 7.75. The lowest BCUT2D eigenvalue weighted by Gasteiger charge is -2.42. The van der Waals surface area contributed by atoms with Gasteiger partial charge in [0.15, 0.2) is 0 Å². The molecule has 0 spiro atoms. The molecule has 2 rings (SSSR count). The van der Waals surface area contributed by atoms with Gasteiger partial charge in [-0.3, -0.25) is 9.69 Å². The molecule has 24 heavy (non-hydrogen) atoms. The number of amides is 1. The third-order valence-corrected chi connectivity index (χ3v) is 4.25. The van der Waals surface area contributed by atoms with Crippen LogP contribution in [0, 0.1) is 0 Å². The zero-order chi connectivity index (χ0) is 17.7. The van der Waals surface area contributed by atoms with E-state index < -0.39 is 9.96 Å². The summed E-state index contributed by atoms with van der Waals surface area (Å²) in [4.78, 5) is 14.2. The molecule has 1 fully saturated rings. The lowest BCUT2D eigenvalue weighted by atomic mass is 10.2. The fourth-order valence-corrected chi connectivity index (χ4v) is 3.31. The maximum atomic E-state index is 12.2. The Hall–Kier alpha value is -0.780. The van der Waals surface area contributed by atoms with Crippen LogP contribution in [0.4, 0.5) is 0 Å². The van der Waals surface area contributed by atoms with Crippen molar-refractivity contribution in [2.24, 2.45) is 0 Å². The van der Waals surface area contributed by atoms with E-state index >= 15 is 0 Å². The number of ether oxygens (including phenoxy) is 1. The predicted octanol–water partition coefficient (Wildman–Crippen LogP) is 3.62. The molecule has 1 N–H and O–H groups in total. The third-order valence-electron chi connectivity index (χ3n) is 3.63. The van der Waals surface area contributed by atoms with E-state index in [0.717, 1.165) is 5.56 Å². The molecule has 1 aliphatic rings. The second-order valence-electron chi connectivity index (χ2n) is 5.91. The lowest BCUT2D eigenvalue weighted by Crippen LogP contribution is -2.60. The molecule has 1 aliphatic heterocycles. The zero-order valence-electron chi connectivity index (χ0n) is 13.6. The SMILES string of the molecule is CC1CN(C(NC(=O)C=Cc2ccccc2)C(Cl)(Cl)Cl)CC(C)O1. The Balaban J connectivity index is 2.06. The van der Waals surface area contributed by atoms with Gasteiger partial charge in [0.2, 0.25) is 9.70 Å². The molecular formula is C17H21Cl3N2O2. The van der Waals surface area contributed by atoms with Gasteiger partial charge in [0.1, 0.15) is 6.17 Å². The van der Waals surface area contributed by atoms with Crippen molar-refractivity contribution in [2.75, 3.05) is 13.1 Å². The summed E-state index contributed by atoms with van der Waals surface area (Å²) >= 11 is 18.3. The second-order valence-corrected chi connectivity index (χ2v) is 8.28. The van der Waals surface area contributed by atoms with Gasteiger partial charge in [-0.15, -0.1) is 0 Å². The summed E-state index contributed by atoms with van der Waals surface area (Å²) in [5.41, 5.74) is 0.923. The quantitative estimate of drug-likeness (QED) is 0.629. The van der Waals surface area contributed by atoms with Crippen molar-refractivity contribution in [1.29, 1.82) is 0 Å². The van der Waals surface area contributed by atoms with Crippen LogP contribution in [0.2, 0.25) is 0 Å². The number of nitrogens with zero attached hydrogens (tertiary/aromatic N) is 1. The fourth-order valence-electron chi connectivity index (χ4n) is 2.73. The van der Waals surface area contributed by atoms with Crippen LogP contribution < -0.4 is 5.32 Å². The van der Waals surface area contributed by atoms with Crippen LogP contribution >= 0.6 is 34.8 Å². The largest absolute Gasteiger partial charge is 0.373 e. The van der Waals surface area contributed by atoms with Gasteiger partial charge in [-0.25, -0.2) is 0 Å². The second kappa shape index (κ2) is 8.54. The highest BCUT2D eigenvalue weighted by Crippen LogP contribution is 2.33. The standard InChI is InChI=1S/C17H21Cl3N2O2/c1-12-10-22(11-13(2)24-12)16(17(18,19)20)21-15(23)9-8-14-6-4-3-5-7-14/h3-9,12-13,16H,10-11H2,1-2H3,(H,21,23). The first-order valence-corrected chi connectivity index (χ1v) is 8.89. The van der Waals surface area contributed by atoms with Crippen molar-refractivity contribution in [3.8, 4) is 0 Å². The van der Waals surface area contributed by atoms with Crippen LogP contribution in [0.5, 0.6) is 0 Å². The summed E-state index contributed by atoms with van der Waals surface area (Å²) in [5, 5.41) is 2.79. The van der Waals surface area contributed by atoms with Crippen LogP contribution in [0.15, 0.2) is 36.4 Å². The first-order chi connectivity index (χ1) is 11.3. The fraction of sp³-hybridized carbons (Fsp3) is 0.471. The number of carbonyl (C=O) groups is 1. The maximum absolute atomic E-state index is 12.2. The minimum Gasteiger partial charge on any atom is -0.373 e. The molecule has 1 amide bonds. The molecule has 3 atom stereocenters. The minimum atomic E-state index is -1.65. The van der Waals surface area contributed by atoms with Crippen molar-refractivity contribution in [3.63, 3.8) is 0 Å². The van der Waals surface area contributed by atoms with Crippen molar-refractivity contribution >= 4 is 46.8 Å². The van der Waals surface area contributed by atoms with E-state index in [4.69, 9.17) is 39.5 Å². The van der Waals surface area contributed by atoms with E-state index in [1.54, 1.807) is 6.08 Å². The van der Waals surface area contributed by atoms with E-state index in [9.17, 15) is 4.79 Å². The molecule has 4 nitrogen and oxygen atoms in total. The molecule has 1 aromatic carbocycles. The van der Waals surface area contributed by atoms with E-state index in [1.807, 2.05) is 49.1 Å². The molecule has 0 bridgehead atoms. The van der Waals surface area contributed by atoms with Crippen molar-refractivity contribution < 1.29 is 9.53 Å². The van der Waals surface area contributed by atoms with Gasteiger partial charge < -0.3 is 10.1 Å². The van der Waals surface area contributed by atoms with E-state index in [1.165, 1.54) is 6.08 Å². The molecule has 1 aromatic rings. The van der Waals surface area contributed by atoms with Gasteiger partial charge >= 0.3 is 0 Å². The summed E-state index contributed by atoms with van der Waals surface area (Å²) in [6.45, 7) is 5.06. The Kier molecular flexibility index (Phi) is 6.96. The van der Waals surface area contributed by atoms with Crippen LogP contribution in [0.3, 0.4) is 0 Å². The van der Waals surface area contributed by atoms with E-state index in [0.29, 0.717) is 13.1 Å². The van der Waals surface area contributed by atoms with Crippen LogP contribution in [-0.4, -0.2) is 46.1 Å². The van der Waals surface area contributed by atoms with Crippen molar-refractivity contribution in [1.82, 2.24) is 10.2 Å². The number of nitrogens with one attached hydrogen (secondary N) is 1. The van der Waals surface area contributed by atoms with Gasteiger partial charge in [0.05, 0.1) is 12.2 Å². The molecule has 132 valence electrons. The number of hydrogen-bond acceptors (Lipinski definition) is 3. The average Bonchev–Trinajstić information content (AvgIpc) is 2.49. The predicted molar refractivity (Wildman–Crippen MR) is 99.3 cm³/mol. The van der Waals surface area contributed by atoms with Gasteiger partial charge in [-0.2, -0.15) is 0 Å². The topological polar surface area (TPSA) is 41.6 Å². The van der Waals surface area contributed by atoms with Gasteiger partial charge in [-0.05, 0) is 25.5 Å². The molecule has 0 saturated carbocycles. The number of hydrogen-bond donors (Lipinski definition) is 1. The number of carbonyl (C=O) groups excluding carboxylic acids is 1. The summed E-state index contributed by atoms with van der Waals surface area (Å²) in [5.74, 6) is -0.318. The van der Waals surface area contributed by atoms with E-state index in [2.05, 4.69) is 5.32 Å². The Bertz CT molecular complexity index is 565. The number of rotatable bonds is 4. The number of halogens is 3. The molecule has 3 unspecified atom stereocenters.